The number of rotatable bonds is 1. The van der Waals surface area contributed by atoms with Gasteiger partial charge in [0, 0.05) is 30.6 Å². The molecule has 16 heavy (non-hydrogen) atoms. The predicted octanol–water partition coefficient (Wildman–Crippen LogP) is 0.0949. The lowest BCUT2D eigenvalue weighted by molar-refractivity contribution is -0.133. The van der Waals surface area contributed by atoms with Gasteiger partial charge in [0.25, 0.3) is 0 Å². The quantitative estimate of drug-likeness (QED) is 0.707. The van der Waals surface area contributed by atoms with Gasteiger partial charge in [-0.1, -0.05) is 6.92 Å². The number of carbonyl (C=O) groups excluding carboxylic acids is 1. The van der Waals surface area contributed by atoms with Crippen LogP contribution in [-0.2, 0) is 4.79 Å². The van der Waals surface area contributed by atoms with Crippen LogP contribution in [0.2, 0.25) is 0 Å². The Morgan fingerprint density at radius 3 is 2.88 bits per heavy atom. The highest BCUT2D eigenvalue weighted by Crippen LogP contribution is 2.19. The van der Waals surface area contributed by atoms with Crippen LogP contribution in [0.25, 0.3) is 0 Å². The van der Waals surface area contributed by atoms with Crippen molar-refractivity contribution in [1.82, 2.24) is 10.2 Å². The van der Waals surface area contributed by atoms with Crippen molar-refractivity contribution >= 4 is 30.1 Å². The van der Waals surface area contributed by atoms with Gasteiger partial charge in [0.1, 0.15) is 0 Å². The number of nitrogens with zero attached hydrogens (tertiary/aromatic N) is 1. The van der Waals surface area contributed by atoms with Crippen LogP contribution in [0.3, 0.4) is 0 Å². The molecule has 2 saturated heterocycles. The number of β-amino-alcohol motifs (C(OH)–C–C–N with tert-alkyl or cyclic N) is 1. The van der Waals surface area contributed by atoms with Crippen LogP contribution in [-0.4, -0.2) is 58.7 Å². The van der Waals surface area contributed by atoms with Crippen LogP contribution >= 0.6 is 24.2 Å². The molecule has 3 atom stereocenters. The Balaban J connectivity index is 0.00000128. The molecule has 2 heterocycles. The number of hydrogen-bond donors (Lipinski definition) is 2. The summed E-state index contributed by atoms with van der Waals surface area (Å²) in [7, 11) is 0. The molecule has 0 aromatic carbocycles. The van der Waals surface area contributed by atoms with Gasteiger partial charge in [0.15, 0.2) is 0 Å². The lowest BCUT2D eigenvalue weighted by Gasteiger charge is -2.32. The van der Waals surface area contributed by atoms with E-state index in [0.29, 0.717) is 18.2 Å². The monoisotopic (exact) mass is 266 g/mol. The smallest absolute Gasteiger partial charge is 0.239 e. The Hall–Kier alpha value is 0.0300. The Morgan fingerprint density at radius 2 is 2.31 bits per heavy atom. The van der Waals surface area contributed by atoms with E-state index in [1.54, 1.807) is 0 Å². The molecule has 0 saturated carbocycles. The van der Waals surface area contributed by atoms with Crippen molar-refractivity contribution in [2.45, 2.75) is 30.7 Å². The zero-order valence-corrected chi connectivity index (χ0v) is 11.0. The topological polar surface area (TPSA) is 52.6 Å². The number of carbonyl (C=O) groups is 1. The van der Waals surface area contributed by atoms with Gasteiger partial charge < -0.3 is 15.3 Å². The molecule has 2 aliphatic rings. The molecule has 1 unspecified atom stereocenters. The Kier molecular flexibility index (Phi) is 5.37. The molecule has 0 aromatic rings. The van der Waals surface area contributed by atoms with Gasteiger partial charge >= 0.3 is 0 Å². The molecule has 6 heteroatoms. The van der Waals surface area contributed by atoms with E-state index in [-0.39, 0.29) is 30.5 Å². The van der Waals surface area contributed by atoms with Crippen LogP contribution in [0.4, 0.5) is 0 Å². The second-order valence-corrected chi connectivity index (χ2v) is 5.86. The first kappa shape index (κ1) is 14.1. The van der Waals surface area contributed by atoms with Crippen molar-refractivity contribution < 1.29 is 9.90 Å². The fourth-order valence-electron chi connectivity index (χ4n) is 2.14. The highest BCUT2D eigenvalue weighted by atomic mass is 35.5. The van der Waals surface area contributed by atoms with Gasteiger partial charge in [-0.15, -0.1) is 12.4 Å². The van der Waals surface area contributed by atoms with E-state index < -0.39 is 0 Å². The normalized spacial score (nSPS) is 34.6. The van der Waals surface area contributed by atoms with E-state index in [1.807, 2.05) is 16.7 Å². The molecule has 1 amide bonds. The molecule has 0 aliphatic carbocycles. The van der Waals surface area contributed by atoms with Gasteiger partial charge in [-0.3, -0.25) is 4.79 Å². The molecule has 0 bridgehead atoms. The molecular weight excluding hydrogens is 248 g/mol. The summed E-state index contributed by atoms with van der Waals surface area (Å²) in [6.07, 6.45) is 0.215. The van der Waals surface area contributed by atoms with Crippen molar-refractivity contribution in [2.75, 3.05) is 25.4 Å². The average molecular weight is 267 g/mol. The SMILES string of the molecule is CC1CN(C(=O)[C@H]2C[C@@H](O)CN2)CCS1.Cl. The molecule has 0 aromatic heterocycles. The summed E-state index contributed by atoms with van der Waals surface area (Å²) in [4.78, 5) is 14.0. The minimum absolute atomic E-state index is 0. The molecule has 2 aliphatic heterocycles. The van der Waals surface area contributed by atoms with Crippen LogP contribution in [0, 0.1) is 0 Å². The largest absolute Gasteiger partial charge is 0.392 e. The predicted molar refractivity (Wildman–Crippen MR) is 68.2 cm³/mol. The lowest BCUT2D eigenvalue weighted by Crippen LogP contribution is -2.48. The Morgan fingerprint density at radius 1 is 1.56 bits per heavy atom. The number of thioether (sulfide) groups is 1. The summed E-state index contributed by atoms with van der Waals surface area (Å²) in [5.74, 6) is 1.20. The summed E-state index contributed by atoms with van der Waals surface area (Å²) >= 11 is 1.92. The summed E-state index contributed by atoms with van der Waals surface area (Å²) < 4.78 is 0. The first-order valence-electron chi connectivity index (χ1n) is 5.48. The highest BCUT2D eigenvalue weighted by Gasteiger charge is 2.32. The van der Waals surface area contributed by atoms with E-state index in [1.165, 1.54) is 0 Å². The minimum Gasteiger partial charge on any atom is -0.392 e. The maximum absolute atomic E-state index is 12.0. The van der Waals surface area contributed by atoms with Crippen molar-refractivity contribution in [2.24, 2.45) is 0 Å². The van der Waals surface area contributed by atoms with Gasteiger partial charge in [0.05, 0.1) is 12.1 Å². The van der Waals surface area contributed by atoms with Crippen molar-refractivity contribution in [1.29, 1.82) is 0 Å². The van der Waals surface area contributed by atoms with Crippen LogP contribution < -0.4 is 5.32 Å². The van der Waals surface area contributed by atoms with E-state index in [9.17, 15) is 9.90 Å². The van der Waals surface area contributed by atoms with Crippen molar-refractivity contribution in [3.05, 3.63) is 0 Å². The molecule has 0 spiro atoms. The van der Waals surface area contributed by atoms with Gasteiger partial charge in [0.2, 0.25) is 5.91 Å². The Bertz CT molecular complexity index is 255. The summed E-state index contributed by atoms with van der Waals surface area (Å²) in [5.41, 5.74) is 0. The summed E-state index contributed by atoms with van der Waals surface area (Å²) in [5, 5.41) is 13.0. The van der Waals surface area contributed by atoms with Gasteiger partial charge in [-0.2, -0.15) is 11.8 Å². The third-order valence-corrected chi connectivity index (χ3v) is 4.09. The first-order chi connectivity index (χ1) is 7.16. The summed E-state index contributed by atoms with van der Waals surface area (Å²) in [6.45, 7) is 4.40. The van der Waals surface area contributed by atoms with E-state index in [0.717, 1.165) is 18.8 Å². The van der Waals surface area contributed by atoms with Crippen LogP contribution in [0.15, 0.2) is 0 Å². The number of halogens is 1. The standard InChI is InChI=1S/C10H18N2O2S.ClH/c1-7-6-12(2-3-15-7)10(14)9-4-8(13)5-11-9;/h7-9,11,13H,2-6H2,1H3;1H/t7?,8-,9-;/m1./s1. The fraction of sp³-hybridized carbons (Fsp3) is 0.900. The fourth-order valence-corrected chi connectivity index (χ4v) is 3.16. The van der Waals surface area contributed by atoms with E-state index in [4.69, 9.17) is 0 Å². The number of aliphatic hydroxyl groups excluding tert-OH is 1. The minimum atomic E-state index is -0.351. The van der Waals surface area contributed by atoms with E-state index >= 15 is 0 Å². The molecule has 94 valence electrons. The lowest BCUT2D eigenvalue weighted by atomic mass is 10.1. The van der Waals surface area contributed by atoms with Crippen molar-refractivity contribution in [3.8, 4) is 0 Å². The third-order valence-electron chi connectivity index (χ3n) is 2.96. The number of nitrogens with one attached hydrogen (secondary N) is 1. The molecule has 2 rings (SSSR count). The first-order valence-corrected chi connectivity index (χ1v) is 6.53. The second-order valence-electron chi connectivity index (χ2n) is 4.32. The maximum Gasteiger partial charge on any atom is 0.239 e. The zero-order chi connectivity index (χ0) is 10.8. The van der Waals surface area contributed by atoms with Gasteiger partial charge in [-0.25, -0.2) is 0 Å². The zero-order valence-electron chi connectivity index (χ0n) is 9.39. The molecule has 2 N–H and O–H groups in total. The molecule has 2 fully saturated rings. The number of aliphatic hydroxyl groups is 1. The summed E-state index contributed by atoms with van der Waals surface area (Å²) in [6, 6.07) is -0.157. The number of amides is 1. The molecular formula is C10H19ClN2O2S. The maximum atomic E-state index is 12.0. The van der Waals surface area contributed by atoms with Crippen LogP contribution in [0.1, 0.15) is 13.3 Å². The Labute approximate surface area is 107 Å². The van der Waals surface area contributed by atoms with Crippen LogP contribution in [0.5, 0.6) is 0 Å². The van der Waals surface area contributed by atoms with E-state index in [2.05, 4.69) is 12.2 Å². The highest BCUT2D eigenvalue weighted by molar-refractivity contribution is 7.99. The average Bonchev–Trinajstić information content (AvgIpc) is 2.64. The van der Waals surface area contributed by atoms with Crippen molar-refractivity contribution in [3.63, 3.8) is 0 Å². The number of hydrogen-bond acceptors (Lipinski definition) is 4. The second kappa shape index (κ2) is 6.10. The molecule has 0 radical (unpaired) electrons. The molecule has 4 nitrogen and oxygen atoms in total. The third kappa shape index (κ3) is 3.26. The van der Waals surface area contributed by atoms with Gasteiger partial charge in [-0.05, 0) is 6.42 Å².